The predicted octanol–water partition coefficient (Wildman–Crippen LogP) is 2.94. The monoisotopic (exact) mass is 219 g/mol. The lowest BCUT2D eigenvalue weighted by molar-refractivity contribution is -0.122. The van der Waals surface area contributed by atoms with Gasteiger partial charge in [-0.25, -0.2) is 0 Å². The van der Waals surface area contributed by atoms with Gasteiger partial charge in [0, 0.05) is 17.8 Å². The van der Waals surface area contributed by atoms with E-state index in [1.807, 2.05) is 13.8 Å². The summed E-state index contributed by atoms with van der Waals surface area (Å²) in [6.07, 6.45) is 2.50. The summed E-state index contributed by atoms with van der Waals surface area (Å²) < 4.78 is 0. The Morgan fingerprint density at radius 3 is 2.36 bits per heavy atom. The number of carbonyl (C=O) groups is 1. The van der Waals surface area contributed by atoms with Crippen molar-refractivity contribution in [3.05, 3.63) is 0 Å². The van der Waals surface area contributed by atoms with E-state index in [-0.39, 0.29) is 17.3 Å². The number of hydrogen-bond acceptors (Lipinski definition) is 1. The summed E-state index contributed by atoms with van der Waals surface area (Å²) in [4.78, 5) is 11.5. The summed E-state index contributed by atoms with van der Waals surface area (Å²) in [6, 6.07) is 0.180. The molecule has 1 N–H and O–H groups in total. The Bertz CT molecular complexity index is 171. The maximum atomic E-state index is 11.5. The zero-order chi connectivity index (χ0) is 11.1. The van der Waals surface area contributed by atoms with Crippen LogP contribution >= 0.6 is 11.6 Å². The largest absolute Gasteiger partial charge is 0.354 e. The first kappa shape index (κ1) is 13.8. The van der Waals surface area contributed by atoms with Gasteiger partial charge in [-0.05, 0) is 26.2 Å². The van der Waals surface area contributed by atoms with Crippen LogP contribution in [0, 0.1) is 5.92 Å². The van der Waals surface area contributed by atoms with Gasteiger partial charge in [-0.3, -0.25) is 4.79 Å². The molecular formula is C11H22ClNO. The average Bonchev–Trinajstić information content (AvgIpc) is 2.01. The van der Waals surface area contributed by atoms with E-state index in [0.717, 1.165) is 12.8 Å². The van der Waals surface area contributed by atoms with Gasteiger partial charge in [-0.1, -0.05) is 20.3 Å². The van der Waals surface area contributed by atoms with Crippen LogP contribution in [0.2, 0.25) is 0 Å². The van der Waals surface area contributed by atoms with Crippen LogP contribution in [0.5, 0.6) is 0 Å². The molecule has 2 nitrogen and oxygen atoms in total. The summed E-state index contributed by atoms with van der Waals surface area (Å²) >= 11 is 5.84. The minimum atomic E-state index is 0.119. The highest BCUT2D eigenvalue weighted by atomic mass is 35.5. The van der Waals surface area contributed by atoms with E-state index in [1.54, 1.807) is 0 Å². The van der Waals surface area contributed by atoms with Crippen LogP contribution in [-0.4, -0.2) is 17.3 Å². The molecule has 0 aromatic heterocycles. The van der Waals surface area contributed by atoms with Gasteiger partial charge in [0.15, 0.2) is 0 Å². The second-order valence-electron chi connectivity index (χ2n) is 4.20. The second-order valence-corrected chi connectivity index (χ2v) is 4.95. The van der Waals surface area contributed by atoms with Crippen molar-refractivity contribution in [3.8, 4) is 0 Å². The second kappa shape index (κ2) is 7.10. The first-order valence-corrected chi connectivity index (χ1v) is 5.82. The smallest absolute Gasteiger partial charge is 0.220 e. The molecule has 1 amide bonds. The molecule has 0 aromatic carbocycles. The zero-order valence-corrected chi connectivity index (χ0v) is 10.4. The van der Waals surface area contributed by atoms with Gasteiger partial charge in [-0.15, -0.1) is 11.6 Å². The van der Waals surface area contributed by atoms with E-state index in [9.17, 15) is 4.79 Å². The quantitative estimate of drug-likeness (QED) is 0.684. The van der Waals surface area contributed by atoms with Crippen LogP contribution in [0.1, 0.15) is 47.0 Å². The Hall–Kier alpha value is -0.240. The maximum absolute atomic E-state index is 11.5. The van der Waals surface area contributed by atoms with Crippen LogP contribution in [0.4, 0.5) is 0 Å². The van der Waals surface area contributed by atoms with Crippen LogP contribution in [0.15, 0.2) is 0 Å². The topological polar surface area (TPSA) is 29.1 Å². The molecule has 0 radical (unpaired) electrons. The minimum absolute atomic E-state index is 0.119. The molecule has 0 spiro atoms. The molecule has 84 valence electrons. The molecule has 0 saturated heterocycles. The first-order chi connectivity index (χ1) is 6.45. The molecule has 0 fully saturated rings. The minimum Gasteiger partial charge on any atom is -0.354 e. The highest BCUT2D eigenvalue weighted by Gasteiger charge is 2.11. The number of halogens is 1. The average molecular weight is 220 g/mol. The van der Waals surface area contributed by atoms with Gasteiger partial charge in [0.2, 0.25) is 5.91 Å². The summed E-state index contributed by atoms with van der Waals surface area (Å²) in [5, 5.41) is 3.07. The van der Waals surface area contributed by atoms with Crippen molar-refractivity contribution < 1.29 is 4.79 Å². The van der Waals surface area contributed by atoms with E-state index in [2.05, 4.69) is 19.2 Å². The number of alkyl halides is 1. The van der Waals surface area contributed by atoms with E-state index >= 15 is 0 Å². The van der Waals surface area contributed by atoms with Gasteiger partial charge in [-0.2, -0.15) is 0 Å². The molecule has 0 aliphatic carbocycles. The number of carbonyl (C=O) groups excluding carboxylic acids is 1. The molecule has 0 aliphatic rings. The van der Waals surface area contributed by atoms with Crippen molar-refractivity contribution >= 4 is 17.5 Å². The Morgan fingerprint density at radius 1 is 1.36 bits per heavy atom. The number of amides is 1. The van der Waals surface area contributed by atoms with E-state index in [4.69, 9.17) is 11.6 Å². The number of rotatable bonds is 6. The van der Waals surface area contributed by atoms with Crippen molar-refractivity contribution in [1.29, 1.82) is 0 Å². The molecule has 3 unspecified atom stereocenters. The zero-order valence-electron chi connectivity index (χ0n) is 9.64. The fraction of sp³-hybridized carbons (Fsp3) is 0.909. The highest BCUT2D eigenvalue weighted by Crippen LogP contribution is 2.08. The lowest BCUT2D eigenvalue weighted by atomic mass is 10.0. The maximum Gasteiger partial charge on any atom is 0.220 e. The molecule has 3 heteroatoms. The SMILES string of the molecule is CCC(C)CC(=O)NC(C)CC(C)Cl. The van der Waals surface area contributed by atoms with Crippen molar-refractivity contribution in [2.45, 2.75) is 58.4 Å². The Labute approximate surface area is 92.4 Å². The Kier molecular flexibility index (Phi) is 6.98. The molecule has 3 atom stereocenters. The van der Waals surface area contributed by atoms with E-state index in [0.29, 0.717) is 12.3 Å². The number of hydrogen-bond donors (Lipinski definition) is 1. The van der Waals surface area contributed by atoms with E-state index in [1.165, 1.54) is 0 Å². The summed E-state index contributed by atoms with van der Waals surface area (Å²) in [5.41, 5.74) is 0. The highest BCUT2D eigenvalue weighted by molar-refractivity contribution is 6.20. The third-order valence-corrected chi connectivity index (χ3v) is 2.49. The molecule has 14 heavy (non-hydrogen) atoms. The first-order valence-electron chi connectivity index (χ1n) is 5.39. The van der Waals surface area contributed by atoms with Crippen LogP contribution in [0.25, 0.3) is 0 Å². The Balaban J connectivity index is 3.71. The molecule has 0 heterocycles. The third kappa shape index (κ3) is 7.19. The van der Waals surface area contributed by atoms with Crippen molar-refractivity contribution in [2.75, 3.05) is 0 Å². The lowest BCUT2D eigenvalue weighted by Gasteiger charge is -2.16. The molecule has 0 rings (SSSR count). The van der Waals surface area contributed by atoms with Crippen molar-refractivity contribution in [3.63, 3.8) is 0 Å². The summed E-state index contributed by atoms with van der Waals surface area (Å²) in [6.45, 7) is 8.13. The van der Waals surface area contributed by atoms with Crippen LogP contribution < -0.4 is 5.32 Å². The summed E-state index contributed by atoms with van der Waals surface area (Å²) in [5.74, 6) is 0.611. The van der Waals surface area contributed by atoms with E-state index < -0.39 is 0 Å². The molecule has 0 bridgehead atoms. The van der Waals surface area contributed by atoms with Crippen LogP contribution in [0.3, 0.4) is 0 Å². The molecule has 0 aliphatic heterocycles. The van der Waals surface area contributed by atoms with Gasteiger partial charge in [0.05, 0.1) is 0 Å². The number of nitrogens with one attached hydrogen (secondary N) is 1. The van der Waals surface area contributed by atoms with Gasteiger partial charge >= 0.3 is 0 Å². The normalized spacial score (nSPS) is 17.2. The lowest BCUT2D eigenvalue weighted by Crippen LogP contribution is -2.34. The fourth-order valence-electron chi connectivity index (χ4n) is 1.34. The standard InChI is InChI=1S/C11H22ClNO/c1-5-8(2)6-11(14)13-10(4)7-9(3)12/h8-10H,5-7H2,1-4H3,(H,13,14). The third-order valence-electron chi connectivity index (χ3n) is 2.32. The molecule has 0 aromatic rings. The summed E-state index contributed by atoms with van der Waals surface area (Å²) in [7, 11) is 0. The van der Waals surface area contributed by atoms with Gasteiger partial charge in [0.25, 0.3) is 0 Å². The Morgan fingerprint density at radius 2 is 1.93 bits per heavy atom. The van der Waals surface area contributed by atoms with Gasteiger partial charge in [0.1, 0.15) is 0 Å². The molecule has 0 saturated carbocycles. The fourth-order valence-corrected chi connectivity index (χ4v) is 1.61. The van der Waals surface area contributed by atoms with Crippen LogP contribution in [-0.2, 0) is 4.79 Å². The predicted molar refractivity (Wildman–Crippen MR) is 61.6 cm³/mol. The van der Waals surface area contributed by atoms with Gasteiger partial charge < -0.3 is 5.32 Å². The van der Waals surface area contributed by atoms with Crippen molar-refractivity contribution in [2.24, 2.45) is 5.92 Å². The van der Waals surface area contributed by atoms with Crippen molar-refractivity contribution in [1.82, 2.24) is 5.32 Å². The molecular weight excluding hydrogens is 198 g/mol.